The normalized spacial score (nSPS) is 31.1. The van der Waals surface area contributed by atoms with Crippen LogP contribution in [0.1, 0.15) is 50.0 Å². The molecule has 0 aromatic carbocycles. The number of hydrogen-bond acceptors (Lipinski definition) is 2. The Morgan fingerprint density at radius 3 is 3.14 bits per heavy atom. The predicted octanol–water partition coefficient (Wildman–Crippen LogP) is 2.05. The van der Waals surface area contributed by atoms with E-state index in [9.17, 15) is 0 Å². The summed E-state index contributed by atoms with van der Waals surface area (Å²) in [7, 11) is 0. The first-order chi connectivity index (χ1) is 6.77. The summed E-state index contributed by atoms with van der Waals surface area (Å²) >= 11 is 0. The number of nitrogens with zero attached hydrogens (tertiary/aromatic N) is 2. The second kappa shape index (κ2) is 2.83. The van der Waals surface area contributed by atoms with E-state index in [2.05, 4.69) is 28.7 Å². The fourth-order valence-corrected chi connectivity index (χ4v) is 3.01. The quantitative estimate of drug-likeness (QED) is 0.736. The summed E-state index contributed by atoms with van der Waals surface area (Å²) in [6, 6.07) is 1.26. The summed E-state index contributed by atoms with van der Waals surface area (Å²) in [4.78, 5) is 10.4. The Morgan fingerprint density at radius 1 is 1.50 bits per heavy atom. The van der Waals surface area contributed by atoms with E-state index in [0.717, 1.165) is 0 Å². The van der Waals surface area contributed by atoms with Gasteiger partial charge in [-0.2, -0.15) is 0 Å². The number of fused-ring (bicyclic) bond motifs is 2. The molecule has 1 aromatic heterocycles. The van der Waals surface area contributed by atoms with Crippen molar-refractivity contribution in [2.45, 2.75) is 44.7 Å². The van der Waals surface area contributed by atoms with Crippen molar-refractivity contribution in [3.8, 4) is 0 Å². The molecule has 2 bridgehead atoms. The zero-order valence-electron chi connectivity index (χ0n) is 8.83. The molecule has 1 N–H and O–H groups in total. The van der Waals surface area contributed by atoms with Gasteiger partial charge in [0.15, 0.2) is 0 Å². The minimum atomic E-state index is 0.609. The van der Waals surface area contributed by atoms with Crippen molar-refractivity contribution in [2.24, 2.45) is 0 Å². The summed E-state index contributed by atoms with van der Waals surface area (Å²) in [6.07, 6.45) is 4.49. The van der Waals surface area contributed by atoms with Crippen LogP contribution in [0.4, 0.5) is 0 Å². The van der Waals surface area contributed by atoms with Gasteiger partial charge in [0.25, 0.3) is 0 Å². The van der Waals surface area contributed by atoms with Crippen LogP contribution in [-0.2, 0) is 0 Å². The van der Waals surface area contributed by atoms with E-state index in [0.29, 0.717) is 18.0 Å². The number of H-pyrrole nitrogens is 1. The predicted molar refractivity (Wildman–Crippen MR) is 55.1 cm³/mol. The van der Waals surface area contributed by atoms with E-state index in [1.165, 1.54) is 30.8 Å². The Hall–Kier alpha value is -0.830. The molecule has 0 amide bonds. The number of aromatic amines is 1. The molecule has 76 valence electrons. The smallest absolute Gasteiger partial charge is 0.0925 e. The molecule has 14 heavy (non-hydrogen) atoms. The molecule has 3 heterocycles. The lowest BCUT2D eigenvalue weighted by molar-refractivity contribution is 0.0768. The maximum atomic E-state index is 4.45. The second-order valence-electron chi connectivity index (χ2n) is 4.78. The molecule has 0 spiro atoms. The van der Waals surface area contributed by atoms with E-state index < -0.39 is 0 Å². The fraction of sp³-hybridized carbons (Fsp3) is 0.727. The molecule has 2 aliphatic heterocycles. The topological polar surface area (TPSA) is 31.9 Å². The molecule has 2 unspecified atom stereocenters. The molecule has 2 atom stereocenters. The lowest BCUT2D eigenvalue weighted by atomic mass is 9.80. The number of rotatable bonds is 1. The largest absolute Gasteiger partial charge is 0.347 e. The van der Waals surface area contributed by atoms with Crippen molar-refractivity contribution in [2.75, 3.05) is 6.54 Å². The summed E-state index contributed by atoms with van der Waals surface area (Å²) in [5, 5.41) is 0. The van der Waals surface area contributed by atoms with E-state index >= 15 is 0 Å². The zero-order valence-corrected chi connectivity index (χ0v) is 8.83. The summed E-state index contributed by atoms with van der Waals surface area (Å²) in [5.74, 6) is 0.684. The molecular weight excluding hydrogens is 174 g/mol. The molecule has 1 aromatic rings. The van der Waals surface area contributed by atoms with Crippen LogP contribution >= 0.6 is 0 Å². The number of nitrogens with one attached hydrogen (secondary N) is 1. The van der Waals surface area contributed by atoms with Gasteiger partial charge in [0.1, 0.15) is 0 Å². The standard InChI is InChI=1S/C11H17N3/c1-7(2)14-5-8-3-4-9(14)11-10(8)12-6-13-11/h6-9H,3-5H2,1-2H3,(H,12,13). The van der Waals surface area contributed by atoms with Gasteiger partial charge in [0.05, 0.1) is 23.8 Å². The van der Waals surface area contributed by atoms with Crippen molar-refractivity contribution < 1.29 is 0 Å². The molecule has 1 saturated heterocycles. The molecule has 3 heteroatoms. The minimum absolute atomic E-state index is 0.609. The highest BCUT2D eigenvalue weighted by Crippen LogP contribution is 2.45. The average Bonchev–Trinajstić information content (AvgIpc) is 2.68. The maximum absolute atomic E-state index is 4.45. The molecule has 3 nitrogen and oxygen atoms in total. The molecule has 3 aliphatic rings. The van der Waals surface area contributed by atoms with Crippen molar-refractivity contribution >= 4 is 0 Å². The molecular formula is C11H17N3. The number of imidazole rings is 1. The van der Waals surface area contributed by atoms with Gasteiger partial charge in [-0.05, 0) is 26.7 Å². The highest BCUT2D eigenvalue weighted by Gasteiger charge is 2.40. The third-order valence-corrected chi connectivity index (χ3v) is 3.70. The Balaban J connectivity index is 2.03. The summed E-state index contributed by atoms with van der Waals surface area (Å²) in [5.41, 5.74) is 2.74. The van der Waals surface area contributed by atoms with E-state index in [1.807, 2.05) is 6.33 Å². The van der Waals surface area contributed by atoms with Gasteiger partial charge >= 0.3 is 0 Å². The van der Waals surface area contributed by atoms with Gasteiger partial charge in [0, 0.05) is 18.5 Å². The van der Waals surface area contributed by atoms with E-state index in [4.69, 9.17) is 0 Å². The van der Waals surface area contributed by atoms with Crippen molar-refractivity contribution in [3.05, 3.63) is 17.7 Å². The Kier molecular flexibility index (Phi) is 1.71. The monoisotopic (exact) mass is 191 g/mol. The average molecular weight is 191 g/mol. The van der Waals surface area contributed by atoms with Gasteiger partial charge in [0.2, 0.25) is 0 Å². The van der Waals surface area contributed by atoms with Crippen LogP contribution < -0.4 is 0 Å². The Bertz CT molecular complexity index is 342. The SMILES string of the molecule is CC(C)N1CC2CCC1c1[nH]cnc12. The lowest BCUT2D eigenvalue weighted by Crippen LogP contribution is -2.45. The van der Waals surface area contributed by atoms with Gasteiger partial charge in [-0.1, -0.05) is 0 Å². The summed E-state index contributed by atoms with van der Waals surface area (Å²) in [6.45, 7) is 5.79. The van der Waals surface area contributed by atoms with Crippen LogP contribution in [0.2, 0.25) is 0 Å². The highest BCUT2D eigenvalue weighted by molar-refractivity contribution is 5.27. The molecule has 1 fully saturated rings. The first kappa shape index (κ1) is 8.48. The first-order valence-electron chi connectivity index (χ1n) is 5.56. The van der Waals surface area contributed by atoms with Crippen molar-refractivity contribution in [3.63, 3.8) is 0 Å². The summed E-state index contributed by atoms with van der Waals surface area (Å²) < 4.78 is 0. The minimum Gasteiger partial charge on any atom is -0.347 e. The maximum Gasteiger partial charge on any atom is 0.0925 e. The molecule has 1 aliphatic carbocycles. The van der Waals surface area contributed by atoms with Crippen LogP contribution in [0.3, 0.4) is 0 Å². The van der Waals surface area contributed by atoms with Crippen LogP contribution in [0.25, 0.3) is 0 Å². The number of piperidine rings is 1. The van der Waals surface area contributed by atoms with Crippen LogP contribution in [0.15, 0.2) is 6.33 Å². The molecule has 0 saturated carbocycles. The lowest BCUT2D eigenvalue weighted by Gasteiger charge is -2.46. The zero-order chi connectivity index (χ0) is 9.71. The van der Waals surface area contributed by atoms with Crippen LogP contribution in [0, 0.1) is 0 Å². The third kappa shape index (κ3) is 0.989. The Labute approximate surface area is 84.5 Å². The van der Waals surface area contributed by atoms with Crippen molar-refractivity contribution in [1.29, 1.82) is 0 Å². The highest BCUT2D eigenvalue weighted by atomic mass is 15.2. The molecule has 4 rings (SSSR count). The van der Waals surface area contributed by atoms with Crippen molar-refractivity contribution in [1.82, 2.24) is 14.9 Å². The van der Waals surface area contributed by atoms with E-state index in [-0.39, 0.29) is 0 Å². The second-order valence-corrected chi connectivity index (χ2v) is 4.78. The molecule has 0 radical (unpaired) electrons. The van der Waals surface area contributed by atoms with Gasteiger partial charge in [-0.25, -0.2) is 4.98 Å². The van der Waals surface area contributed by atoms with Gasteiger partial charge < -0.3 is 4.98 Å². The number of hydrogen-bond donors (Lipinski definition) is 1. The van der Waals surface area contributed by atoms with Gasteiger partial charge in [-0.15, -0.1) is 0 Å². The van der Waals surface area contributed by atoms with Crippen LogP contribution in [0.5, 0.6) is 0 Å². The first-order valence-corrected chi connectivity index (χ1v) is 5.56. The van der Waals surface area contributed by atoms with Crippen LogP contribution in [-0.4, -0.2) is 27.5 Å². The van der Waals surface area contributed by atoms with E-state index in [1.54, 1.807) is 0 Å². The fourth-order valence-electron chi connectivity index (χ4n) is 3.01. The third-order valence-electron chi connectivity index (χ3n) is 3.70. The number of aromatic nitrogens is 2. The Morgan fingerprint density at radius 2 is 2.36 bits per heavy atom. The van der Waals surface area contributed by atoms with Gasteiger partial charge in [-0.3, -0.25) is 4.90 Å².